The van der Waals surface area contributed by atoms with E-state index in [1.54, 1.807) is 12.1 Å². The maximum Gasteiger partial charge on any atom is 0.323 e. The Hall–Kier alpha value is -3.15. The molecule has 0 saturated heterocycles. The first-order valence-corrected chi connectivity index (χ1v) is 10.5. The molecule has 3 aromatic rings. The van der Waals surface area contributed by atoms with E-state index < -0.39 is 6.04 Å². The van der Waals surface area contributed by atoms with E-state index in [0.717, 1.165) is 25.2 Å². The predicted octanol–water partition coefficient (Wildman–Crippen LogP) is 3.77. The minimum Gasteiger partial charge on any atom is -0.508 e. The van der Waals surface area contributed by atoms with Crippen molar-refractivity contribution in [3.8, 4) is 5.75 Å². The van der Waals surface area contributed by atoms with Crippen molar-refractivity contribution in [2.75, 3.05) is 20.2 Å². The summed E-state index contributed by atoms with van der Waals surface area (Å²) in [6.45, 7) is 3.10. The SMILES string of the molecule is COC(=O)[C@H](Cc1ccc(O)cc1)NCCN(Cc1ccccc1)Cc1ccccc1. The number of nitrogens with zero attached hydrogens (tertiary/aromatic N) is 1. The molecule has 0 aromatic heterocycles. The zero-order chi connectivity index (χ0) is 21.9. The lowest BCUT2D eigenvalue weighted by Crippen LogP contribution is -2.43. The summed E-state index contributed by atoms with van der Waals surface area (Å²) >= 11 is 0. The van der Waals surface area contributed by atoms with Gasteiger partial charge in [-0.3, -0.25) is 9.69 Å². The lowest BCUT2D eigenvalue weighted by atomic mass is 10.1. The van der Waals surface area contributed by atoms with Gasteiger partial charge in [-0.1, -0.05) is 72.8 Å². The number of esters is 1. The summed E-state index contributed by atoms with van der Waals surface area (Å²) in [7, 11) is 1.41. The molecule has 162 valence electrons. The molecule has 1 atom stereocenters. The van der Waals surface area contributed by atoms with E-state index in [0.29, 0.717) is 13.0 Å². The van der Waals surface area contributed by atoms with Gasteiger partial charge in [0.25, 0.3) is 0 Å². The number of methoxy groups -OCH3 is 1. The summed E-state index contributed by atoms with van der Waals surface area (Å²) in [6, 6.07) is 27.3. The highest BCUT2D eigenvalue weighted by molar-refractivity contribution is 5.76. The van der Waals surface area contributed by atoms with Gasteiger partial charge in [0.15, 0.2) is 0 Å². The minimum atomic E-state index is -0.440. The molecule has 5 heteroatoms. The third-order valence-corrected chi connectivity index (χ3v) is 5.18. The first-order valence-electron chi connectivity index (χ1n) is 10.5. The fraction of sp³-hybridized carbons (Fsp3) is 0.269. The van der Waals surface area contributed by atoms with E-state index in [1.165, 1.54) is 18.2 Å². The summed E-state index contributed by atoms with van der Waals surface area (Å²) in [5.41, 5.74) is 3.48. The van der Waals surface area contributed by atoms with Crippen LogP contribution >= 0.6 is 0 Å². The number of ether oxygens (including phenoxy) is 1. The number of nitrogens with one attached hydrogen (secondary N) is 1. The average molecular weight is 419 g/mol. The number of aromatic hydroxyl groups is 1. The van der Waals surface area contributed by atoms with E-state index in [-0.39, 0.29) is 11.7 Å². The Balaban J connectivity index is 1.62. The fourth-order valence-electron chi connectivity index (χ4n) is 3.54. The molecule has 0 heterocycles. The van der Waals surface area contributed by atoms with Crippen molar-refractivity contribution < 1.29 is 14.6 Å². The Morgan fingerprint density at radius 1 is 0.871 bits per heavy atom. The number of hydrogen-bond donors (Lipinski definition) is 2. The van der Waals surface area contributed by atoms with Crippen LogP contribution in [0.4, 0.5) is 0 Å². The van der Waals surface area contributed by atoms with Crippen LogP contribution in [0.1, 0.15) is 16.7 Å². The van der Waals surface area contributed by atoms with Crippen molar-refractivity contribution >= 4 is 5.97 Å². The molecule has 0 aliphatic carbocycles. The molecular formula is C26H30N2O3. The fourth-order valence-corrected chi connectivity index (χ4v) is 3.54. The molecule has 2 N–H and O–H groups in total. The van der Waals surface area contributed by atoms with Gasteiger partial charge in [-0.2, -0.15) is 0 Å². The Bertz CT molecular complexity index is 873. The Morgan fingerprint density at radius 3 is 1.94 bits per heavy atom. The monoisotopic (exact) mass is 418 g/mol. The molecular weight excluding hydrogens is 388 g/mol. The van der Waals surface area contributed by atoms with Gasteiger partial charge < -0.3 is 15.2 Å². The van der Waals surface area contributed by atoms with Gasteiger partial charge in [0.05, 0.1) is 7.11 Å². The predicted molar refractivity (Wildman–Crippen MR) is 123 cm³/mol. The quantitative estimate of drug-likeness (QED) is 0.464. The van der Waals surface area contributed by atoms with E-state index in [2.05, 4.69) is 58.7 Å². The lowest BCUT2D eigenvalue weighted by molar-refractivity contribution is -0.143. The number of benzene rings is 3. The second-order valence-corrected chi connectivity index (χ2v) is 7.58. The van der Waals surface area contributed by atoms with E-state index in [1.807, 2.05) is 24.3 Å². The maximum atomic E-state index is 12.3. The smallest absolute Gasteiger partial charge is 0.323 e. The second kappa shape index (κ2) is 11.9. The molecule has 0 amide bonds. The Labute approximate surface area is 184 Å². The van der Waals surface area contributed by atoms with Gasteiger partial charge in [-0.15, -0.1) is 0 Å². The van der Waals surface area contributed by atoms with Crippen LogP contribution in [-0.4, -0.2) is 42.2 Å². The number of phenolic OH excluding ortho intramolecular Hbond substituents is 1. The van der Waals surface area contributed by atoms with Crippen molar-refractivity contribution in [2.24, 2.45) is 0 Å². The minimum absolute atomic E-state index is 0.212. The van der Waals surface area contributed by atoms with E-state index >= 15 is 0 Å². The van der Waals surface area contributed by atoms with Crippen LogP contribution in [-0.2, 0) is 29.0 Å². The molecule has 5 nitrogen and oxygen atoms in total. The zero-order valence-electron chi connectivity index (χ0n) is 17.9. The van der Waals surface area contributed by atoms with Crippen LogP contribution in [0.2, 0.25) is 0 Å². The van der Waals surface area contributed by atoms with Gasteiger partial charge in [-0.25, -0.2) is 0 Å². The van der Waals surface area contributed by atoms with Crippen molar-refractivity contribution in [1.82, 2.24) is 10.2 Å². The average Bonchev–Trinajstić information content (AvgIpc) is 2.80. The molecule has 3 aromatic carbocycles. The molecule has 0 bridgehead atoms. The Morgan fingerprint density at radius 2 is 1.42 bits per heavy atom. The van der Waals surface area contributed by atoms with Crippen molar-refractivity contribution in [1.29, 1.82) is 0 Å². The van der Waals surface area contributed by atoms with Gasteiger partial charge in [-0.05, 0) is 35.2 Å². The lowest BCUT2D eigenvalue weighted by Gasteiger charge is -2.24. The van der Waals surface area contributed by atoms with Gasteiger partial charge in [0, 0.05) is 26.2 Å². The van der Waals surface area contributed by atoms with Crippen LogP contribution in [0.25, 0.3) is 0 Å². The van der Waals surface area contributed by atoms with Crippen molar-refractivity contribution in [2.45, 2.75) is 25.6 Å². The van der Waals surface area contributed by atoms with Crippen LogP contribution < -0.4 is 5.32 Å². The molecule has 0 aliphatic heterocycles. The van der Waals surface area contributed by atoms with Crippen LogP contribution in [0.15, 0.2) is 84.9 Å². The van der Waals surface area contributed by atoms with Crippen LogP contribution in [0, 0.1) is 0 Å². The van der Waals surface area contributed by atoms with E-state index in [4.69, 9.17) is 4.74 Å². The normalized spacial score (nSPS) is 11.9. The number of carbonyl (C=O) groups is 1. The molecule has 0 unspecified atom stereocenters. The molecule has 31 heavy (non-hydrogen) atoms. The van der Waals surface area contributed by atoms with Crippen LogP contribution in [0.3, 0.4) is 0 Å². The van der Waals surface area contributed by atoms with Gasteiger partial charge in [0.1, 0.15) is 11.8 Å². The molecule has 0 fully saturated rings. The van der Waals surface area contributed by atoms with Gasteiger partial charge >= 0.3 is 5.97 Å². The second-order valence-electron chi connectivity index (χ2n) is 7.58. The number of phenols is 1. The molecule has 0 aliphatic rings. The summed E-state index contributed by atoms with van der Waals surface area (Å²) in [5.74, 6) is -0.0745. The topological polar surface area (TPSA) is 61.8 Å². The molecule has 0 saturated carbocycles. The summed E-state index contributed by atoms with van der Waals surface area (Å²) < 4.78 is 4.99. The zero-order valence-corrected chi connectivity index (χ0v) is 17.9. The number of carbonyl (C=O) groups excluding carboxylic acids is 1. The molecule has 0 spiro atoms. The number of rotatable bonds is 11. The highest BCUT2D eigenvalue weighted by Gasteiger charge is 2.19. The summed E-state index contributed by atoms with van der Waals surface area (Å²) in [6.07, 6.45) is 0.504. The molecule has 0 radical (unpaired) electrons. The first-order chi connectivity index (χ1) is 15.1. The standard InChI is InChI=1S/C26H30N2O3/c1-31-26(30)25(18-21-12-14-24(29)15-13-21)27-16-17-28(19-22-8-4-2-5-9-22)20-23-10-6-3-7-11-23/h2-15,25,27,29H,16-20H2,1H3/t25-/m0/s1. The number of hydrogen-bond acceptors (Lipinski definition) is 5. The first kappa shape index (κ1) is 22.5. The largest absolute Gasteiger partial charge is 0.508 e. The van der Waals surface area contributed by atoms with Gasteiger partial charge in [0.2, 0.25) is 0 Å². The maximum absolute atomic E-state index is 12.3. The molecule has 3 rings (SSSR count). The van der Waals surface area contributed by atoms with E-state index in [9.17, 15) is 9.90 Å². The highest BCUT2D eigenvalue weighted by Crippen LogP contribution is 2.13. The third kappa shape index (κ3) is 7.55. The third-order valence-electron chi connectivity index (χ3n) is 5.18. The van der Waals surface area contributed by atoms with Crippen molar-refractivity contribution in [3.63, 3.8) is 0 Å². The highest BCUT2D eigenvalue weighted by atomic mass is 16.5. The summed E-state index contributed by atoms with van der Waals surface area (Å²) in [5, 5.41) is 12.8. The van der Waals surface area contributed by atoms with Crippen molar-refractivity contribution in [3.05, 3.63) is 102 Å². The summed E-state index contributed by atoms with van der Waals surface area (Å²) in [4.78, 5) is 14.7. The van der Waals surface area contributed by atoms with Crippen LogP contribution in [0.5, 0.6) is 5.75 Å². The Kier molecular flexibility index (Phi) is 8.64.